The number of nitrogens with one attached hydrogen (secondary N) is 2. The molecule has 140 valence electrons. The largest absolute Gasteiger partial charge is 0.481 e. The van der Waals surface area contributed by atoms with Crippen molar-refractivity contribution in [3.8, 4) is 5.75 Å². The normalized spacial score (nSPS) is 12.7. The van der Waals surface area contributed by atoms with Crippen LogP contribution in [0.25, 0.3) is 0 Å². The summed E-state index contributed by atoms with van der Waals surface area (Å²) in [7, 11) is -3.55. The number of rotatable bonds is 7. The van der Waals surface area contributed by atoms with Crippen LogP contribution >= 0.6 is 0 Å². The summed E-state index contributed by atoms with van der Waals surface area (Å²) < 4.78 is 32.4. The van der Waals surface area contributed by atoms with Crippen molar-refractivity contribution in [3.05, 3.63) is 54.1 Å². The van der Waals surface area contributed by atoms with E-state index in [-0.39, 0.29) is 16.8 Å². The third-order valence-corrected chi connectivity index (χ3v) is 5.26. The van der Waals surface area contributed by atoms with Crippen LogP contribution in [0, 0.1) is 6.92 Å². The summed E-state index contributed by atoms with van der Waals surface area (Å²) >= 11 is 0. The van der Waals surface area contributed by atoms with E-state index in [0.29, 0.717) is 11.4 Å². The van der Waals surface area contributed by atoms with Gasteiger partial charge in [-0.3, -0.25) is 4.79 Å². The van der Waals surface area contributed by atoms with Gasteiger partial charge in [-0.2, -0.15) is 0 Å². The fourth-order valence-corrected chi connectivity index (χ4v) is 3.52. The number of benzene rings is 2. The Balaban J connectivity index is 2.02. The second kappa shape index (κ2) is 8.33. The Hall–Kier alpha value is -2.38. The van der Waals surface area contributed by atoms with Gasteiger partial charge in [0.25, 0.3) is 5.91 Å². The van der Waals surface area contributed by atoms with Crippen LogP contribution in [0.5, 0.6) is 5.75 Å². The topological polar surface area (TPSA) is 84.5 Å². The lowest BCUT2D eigenvalue weighted by atomic mass is 10.2. The van der Waals surface area contributed by atoms with Gasteiger partial charge in [0.2, 0.25) is 10.0 Å². The quantitative estimate of drug-likeness (QED) is 0.778. The molecule has 2 aromatic rings. The predicted molar refractivity (Wildman–Crippen MR) is 102 cm³/mol. The van der Waals surface area contributed by atoms with Crippen molar-refractivity contribution in [2.75, 3.05) is 5.32 Å². The van der Waals surface area contributed by atoms with Crippen molar-refractivity contribution in [2.45, 2.75) is 44.7 Å². The van der Waals surface area contributed by atoms with E-state index in [9.17, 15) is 13.2 Å². The zero-order valence-electron chi connectivity index (χ0n) is 15.3. The van der Waals surface area contributed by atoms with Gasteiger partial charge in [-0.15, -0.1) is 0 Å². The number of amides is 1. The van der Waals surface area contributed by atoms with Crippen LogP contribution < -0.4 is 14.8 Å². The molecule has 6 nitrogen and oxygen atoms in total. The van der Waals surface area contributed by atoms with Crippen molar-refractivity contribution in [1.82, 2.24) is 4.72 Å². The van der Waals surface area contributed by atoms with Crippen LogP contribution in [0.15, 0.2) is 53.4 Å². The van der Waals surface area contributed by atoms with E-state index < -0.39 is 16.1 Å². The number of para-hydroxylation sites is 1. The second-order valence-corrected chi connectivity index (χ2v) is 8.03. The number of hydrogen-bond acceptors (Lipinski definition) is 4. The van der Waals surface area contributed by atoms with Gasteiger partial charge in [-0.1, -0.05) is 18.2 Å². The molecule has 0 aromatic heterocycles. The number of anilines is 1. The lowest BCUT2D eigenvalue weighted by Crippen LogP contribution is -2.31. The van der Waals surface area contributed by atoms with Crippen LogP contribution in [0.3, 0.4) is 0 Å². The third-order valence-electron chi connectivity index (χ3n) is 3.59. The van der Waals surface area contributed by atoms with Crippen LogP contribution in [0.1, 0.15) is 26.3 Å². The van der Waals surface area contributed by atoms with Crippen molar-refractivity contribution >= 4 is 21.6 Å². The maximum absolute atomic E-state index is 12.3. The summed E-state index contributed by atoms with van der Waals surface area (Å²) in [6.45, 7) is 7.07. The number of carbonyl (C=O) groups is 1. The smallest absolute Gasteiger partial charge is 0.265 e. The Labute approximate surface area is 154 Å². The van der Waals surface area contributed by atoms with E-state index in [1.54, 1.807) is 39.0 Å². The highest BCUT2D eigenvalue weighted by Crippen LogP contribution is 2.19. The Morgan fingerprint density at radius 3 is 2.19 bits per heavy atom. The Morgan fingerprint density at radius 2 is 1.62 bits per heavy atom. The van der Waals surface area contributed by atoms with E-state index in [2.05, 4.69) is 10.0 Å². The van der Waals surface area contributed by atoms with Crippen molar-refractivity contribution in [1.29, 1.82) is 0 Å². The highest BCUT2D eigenvalue weighted by atomic mass is 32.2. The second-order valence-electron chi connectivity index (χ2n) is 6.32. The lowest BCUT2D eigenvalue weighted by Gasteiger charge is -2.16. The fraction of sp³-hybridized carbons (Fsp3) is 0.316. The lowest BCUT2D eigenvalue weighted by molar-refractivity contribution is -0.122. The minimum Gasteiger partial charge on any atom is -0.481 e. The first-order valence-electron chi connectivity index (χ1n) is 8.34. The number of carbonyl (C=O) groups excluding carboxylic acids is 1. The maximum Gasteiger partial charge on any atom is 0.265 e. The van der Waals surface area contributed by atoms with E-state index in [4.69, 9.17) is 4.74 Å². The van der Waals surface area contributed by atoms with Crippen LogP contribution in [0.2, 0.25) is 0 Å². The molecule has 0 fully saturated rings. The van der Waals surface area contributed by atoms with Gasteiger partial charge in [0.1, 0.15) is 5.75 Å². The van der Waals surface area contributed by atoms with Crippen LogP contribution in [0.4, 0.5) is 5.69 Å². The molecule has 0 heterocycles. The molecule has 2 N–H and O–H groups in total. The molecule has 0 saturated carbocycles. The monoisotopic (exact) mass is 376 g/mol. The summed E-state index contributed by atoms with van der Waals surface area (Å²) in [5.41, 5.74) is 1.44. The van der Waals surface area contributed by atoms with Crippen molar-refractivity contribution in [3.63, 3.8) is 0 Å². The first-order chi connectivity index (χ1) is 12.2. The molecular weight excluding hydrogens is 352 g/mol. The van der Waals surface area contributed by atoms with Gasteiger partial charge in [-0.25, -0.2) is 13.1 Å². The molecule has 26 heavy (non-hydrogen) atoms. The van der Waals surface area contributed by atoms with E-state index in [1.807, 2.05) is 25.1 Å². The van der Waals surface area contributed by atoms with E-state index in [1.165, 1.54) is 12.1 Å². The minimum absolute atomic E-state index is 0.147. The molecule has 0 unspecified atom stereocenters. The Bertz CT molecular complexity index is 861. The molecule has 7 heteroatoms. The summed E-state index contributed by atoms with van der Waals surface area (Å²) in [5.74, 6) is 0.334. The summed E-state index contributed by atoms with van der Waals surface area (Å²) in [6.07, 6.45) is -0.692. The highest BCUT2D eigenvalue weighted by molar-refractivity contribution is 7.89. The minimum atomic E-state index is -3.55. The van der Waals surface area contributed by atoms with Gasteiger partial charge < -0.3 is 10.1 Å². The maximum atomic E-state index is 12.3. The predicted octanol–water partition coefficient (Wildman–Crippen LogP) is 3.09. The fourth-order valence-electron chi connectivity index (χ4n) is 2.27. The van der Waals surface area contributed by atoms with Gasteiger partial charge in [0, 0.05) is 11.7 Å². The van der Waals surface area contributed by atoms with Crippen LogP contribution in [-0.4, -0.2) is 26.5 Å². The SMILES string of the molecule is Cc1ccccc1O[C@@H](C)C(=O)Nc1ccc(S(=O)(=O)NC(C)C)cc1. The molecule has 0 saturated heterocycles. The average molecular weight is 376 g/mol. The molecule has 2 rings (SSSR count). The summed E-state index contributed by atoms with van der Waals surface area (Å²) in [6, 6.07) is 13.3. The standard InChI is InChI=1S/C19H24N2O4S/c1-13(2)21-26(23,24)17-11-9-16(10-12-17)20-19(22)15(4)25-18-8-6-5-7-14(18)3/h5-13,15,21H,1-4H3,(H,20,22)/t15-/m0/s1. The van der Waals surface area contributed by atoms with Gasteiger partial charge in [0.05, 0.1) is 4.90 Å². The van der Waals surface area contributed by atoms with Gasteiger partial charge in [0.15, 0.2) is 6.10 Å². The first-order valence-corrected chi connectivity index (χ1v) is 9.83. The zero-order chi connectivity index (χ0) is 19.3. The Kier molecular flexibility index (Phi) is 6.39. The molecule has 0 aliphatic carbocycles. The molecule has 1 atom stereocenters. The summed E-state index contributed by atoms with van der Waals surface area (Å²) in [4.78, 5) is 12.4. The number of aryl methyl sites for hydroxylation is 1. The first kappa shape index (κ1) is 19.9. The van der Waals surface area contributed by atoms with E-state index >= 15 is 0 Å². The molecule has 0 radical (unpaired) electrons. The number of ether oxygens (including phenoxy) is 1. The molecule has 0 aliphatic heterocycles. The highest BCUT2D eigenvalue weighted by Gasteiger charge is 2.17. The van der Waals surface area contributed by atoms with Gasteiger partial charge in [-0.05, 0) is 63.6 Å². The number of hydrogen-bond donors (Lipinski definition) is 2. The molecule has 2 aromatic carbocycles. The molecule has 1 amide bonds. The Morgan fingerprint density at radius 1 is 1.00 bits per heavy atom. The molecule has 0 bridgehead atoms. The summed E-state index contributed by atoms with van der Waals surface area (Å²) in [5, 5.41) is 2.72. The van der Waals surface area contributed by atoms with E-state index in [0.717, 1.165) is 5.56 Å². The zero-order valence-corrected chi connectivity index (χ0v) is 16.1. The number of sulfonamides is 1. The molecule has 0 spiro atoms. The van der Waals surface area contributed by atoms with Crippen LogP contribution in [-0.2, 0) is 14.8 Å². The molecule has 0 aliphatic rings. The van der Waals surface area contributed by atoms with Gasteiger partial charge >= 0.3 is 0 Å². The third kappa shape index (κ3) is 5.31. The average Bonchev–Trinajstić information content (AvgIpc) is 2.56. The molecular formula is C19H24N2O4S. The van der Waals surface area contributed by atoms with Crippen molar-refractivity contribution in [2.24, 2.45) is 0 Å². The van der Waals surface area contributed by atoms with Crippen molar-refractivity contribution < 1.29 is 17.9 Å².